The number of aliphatic hydroxyl groups excluding tert-OH is 1. The summed E-state index contributed by atoms with van der Waals surface area (Å²) in [6.07, 6.45) is 5.50. The zero-order valence-corrected chi connectivity index (χ0v) is 19.8. The number of aliphatic hydroxyl groups is 1. The van der Waals surface area contributed by atoms with Crippen molar-refractivity contribution in [3.8, 4) is 5.75 Å². The van der Waals surface area contributed by atoms with Gasteiger partial charge >= 0.3 is 6.36 Å². The predicted molar refractivity (Wildman–Crippen MR) is 123 cm³/mol. The maximum absolute atomic E-state index is 12.7. The fourth-order valence-corrected chi connectivity index (χ4v) is 7.80. The predicted octanol–water partition coefficient (Wildman–Crippen LogP) is 5.58. The first-order valence-corrected chi connectivity index (χ1v) is 12.1. The maximum atomic E-state index is 12.7. The molecule has 3 saturated carbocycles. The van der Waals surface area contributed by atoms with Crippen LogP contribution in [0, 0.1) is 28.6 Å². The second kappa shape index (κ2) is 7.87. The van der Waals surface area contributed by atoms with Gasteiger partial charge in [0.2, 0.25) is 5.91 Å². The number of halogens is 3. The Morgan fingerprint density at radius 3 is 2.50 bits per heavy atom. The van der Waals surface area contributed by atoms with Gasteiger partial charge < -0.3 is 14.7 Å². The number of hydrogen-bond acceptors (Lipinski definition) is 3. The molecule has 0 bridgehead atoms. The number of nitrogens with zero attached hydrogens (tertiary/aromatic N) is 1. The molecule has 0 saturated heterocycles. The van der Waals surface area contributed by atoms with Gasteiger partial charge in [0.15, 0.2) is 0 Å². The minimum atomic E-state index is -4.73. The summed E-state index contributed by atoms with van der Waals surface area (Å²) in [5.41, 5.74) is 1.60. The first kappa shape index (κ1) is 23.5. The Labute approximate surface area is 198 Å². The molecule has 1 aromatic rings. The van der Waals surface area contributed by atoms with E-state index < -0.39 is 6.36 Å². The highest BCUT2D eigenvalue weighted by Gasteiger charge is 2.61. The van der Waals surface area contributed by atoms with Gasteiger partial charge in [0.25, 0.3) is 0 Å². The van der Waals surface area contributed by atoms with Crippen molar-refractivity contribution in [3.63, 3.8) is 0 Å². The minimum absolute atomic E-state index is 0.0299. The van der Waals surface area contributed by atoms with Crippen molar-refractivity contribution < 1.29 is 27.8 Å². The van der Waals surface area contributed by atoms with Crippen molar-refractivity contribution in [1.29, 1.82) is 0 Å². The fourth-order valence-electron chi connectivity index (χ4n) is 7.80. The summed E-state index contributed by atoms with van der Waals surface area (Å²) in [6, 6.07) is 5.80. The molecule has 1 amide bonds. The van der Waals surface area contributed by atoms with Crippen molar-refractivity contribution in [2.45, 2.75) is 64.5 Å². The number of rotatable bonds is 2. The van der Waals surface area contributed by atoms with E-state index in [2.05, 4.69) is 24.7 Å². The molecule has 4 aliphatic rings. The number of alkyl halides is 3. The third-order valence-electron chi connectivity index (χ3n) is 9.38. The number of benzene rings is 1. The molecule has 1 N–H and O–H groups in total. The van der Waals surface area contributed by atoms with Crippen LogP contribution in [0.4, 0.5) is 13.2 Å². The number of fused-ring (bicyclic) bond motifs is 5. The topological polar surface area (TPSA) is 49.8 Å². The molecule has 34 heavy (non-hydrogen) atoms. The SMILES string of the molecule is CN1C(=O)C=C[C@@]2(C)C1C(=Cc1ccc(OC(F)(F)F)cc1)C[C@@H]1[C@H]2CC[C@]2(C)C(O)CC[C@@H]12. The van der Waals surface area contributed by atoms with Crippen LogP contribution in [0.1, 0.15) is 51.5 Å². The number of ether oxygens (including phenoxy) is 1. The average Bonchev–Trinajstić information content (AvgIpc) is 3.06. The van der Waals surface area contributed by atoms with Gasteiger partial charge in [0.05, 0.1) is 12.1 Å². The van der Waals surface area contributed by atoms with Crippen molar-refractivity contribution in [2.75, 3.05) is 7.05 Å². The molecule has 3 aliphatic carbocycles. The number of hydrogen-bond donors (Lipinski definition) is 1. The zero-order valence-electron chi connectivity index (χ0n) is 19.8. The highest BCUT2D eigenvalue weighted by molar-refractivity contribution is 5.89. The standard InChI is InChI=1S/C27H32F3NO3/c1-25-12-10-21-19(20(25)8-9-22(25)32)15-17(24-26(21,2)13-11-23(33)31(24)3)14-16-4-6-18(7-5-16)34-27(28,29)30/h4-7,11,13-14,19-22,24,32H,8-10,12,15H2,1-3H3/t19-,20-,21+,22?,24?,25-,26+/m0/s1. The quantitative estimate of drug-likeness (QED) is 0.608. The molecule has 4 nitrogen and oxygen atoms in total. The second-order valence-electron chi connectivity index (χ2n) is 11.1. The summed E-state index contributed by atoms with van der Waals surface area (Å²) in [6.45, 7) is 4.48. The summed E-state index contributed by atoms with van der Waals surface area (Å²) in [5.74, 6) is 0.938. The summed E-state index contributed by atoms with van der Waals surface area (Å²) in [7, 11) is 1.84. The highest BCUT2D eigenvalue weighted by atomic mass is 19.4. The molecule has 0 spiro atoms. The first-order chi connectivity index (χ1) is 15.9. The lowest BCUT2D eigenvalue weighted by molar-refractivity contribution is -0.274. The molecule has 1 heterocycles. The zero-order chi connectivity index (χ0) is 24.5. The van der Waals surface area contributed by atoms with E-state index in [9.17, 15) is 23.1 Å². The van der Waals surface area contributed by atoms with Crippen molar-refractivity contribution in [3.05, 3.63) is 47.6 Å². The van der Waals surface area contributed by atoms with Gasteiger partial charge in [0, 0.05) is 12.5 Å². The average molecular weight is 476 g/mol. The normalized spacial score (nSPS) is 40.7. The summed E-state index contributed by atoms with van der Waals surface area (Å²) >= 11 is 0. The van der Waals surface area contributed by atoms with Gasteiger partial charge in [-0.3, -0.25) is 4.79 Å². The number of carbonyl (C=O) groups is 1. The highest BCUT2D eigenvalue weighted by Crippen LogP contribution is 2.64. The van der Waals surface area contributed by atoms with Crippen LogP contribution < -0.4 is 4.74 Å². The van der Waals surface area contributed by atoms with Gasteiger partial charge in [-0.15, -0.1) is 13.2 Å². The molecule has 7 heteroatoms. The Morgan fingerprint density at radius 1 is 1.12 bits per heavy atom. The monoisotopic (exact) mass is 475 g/mol. The van der Waals surface area contributed by atoms with Crippen molar-refractivity contribution in [2.24, 2.45) is 28.6 Å². The van der Waals surface area contributed by atoms with Crippen LogP contribution in [-0.4, -0.2) is 41.5 Å². The molecule has 2 unspecified atom stereocenters. The number of amides is 1. The van der Waals surface area contributed by atoms with Crippen LogP contribution >= 0.6 is 0 Å². The van der Waals surface area contributed by atoms with E-state index in [0.717, 1.165) is 43.2 Å². The number of likely N-dealkylation sites (N-methyl/N-ethyl adjacent to an activating group) is 1. The Bertz CT molecular complexity index is 1030. The van der Waals surface area contributed by atoms with E-state index in [1.807, 2.05) is 18.0 Å². The molecule has 1 aromatic carbocycles. The summed E-state index contributed by atoms with van der Waals surface area (Å²) in [5, 5.41) is 10.8. The van der Waals surface area contributed by atoms with E-state index in [1.54, 1.807) is 18.2 Å². The van der Waals surface area contributed by atoms with E-state index in [0.29, 0.717) is 17.8 Å². The van der Waals surface area contributed by atoms with E-state index in [4.69, 9.17) is 0 Å². The van der Waals surface area contributed by atoms with Gasteiger partial charge in [-0.05, 0) is 84.6 Å². The molecule has 184 valence electrons. The first-order valence-electron chi connectivity index (χ1n) is 12.1. The third-order valence-corrected chi connectivity index (χ3v) is 9.38. The third kappa shape index (κ3) is 3.67. The summed E-state index contributed by atoms with van der Waals surface area (Å²) in [4.78, 5) is 14.5. The fraction of sp³-hybridized carbons (Fsp3) is 0.593. The molecule has 5 rings (SSSR count). The number of carbonyl (C=O) groups excluding carboxylic acids is 1. The van der Waals surface area contributed by atoms with Crippen LogP contribution in [0.2, 0.25) is 0 Å². The summed E-state index contributed by atoms with van der Waals surface area (Å²) < 4.78 is 41.7. The van der Waals surface area contributed by atoms with Crippen molar-refractivity contribution >= 4 is 12.0 Å². The molecule has 0 aromatic heterocycles. The van der Waals surface area contributed by atoms with Crippen LogP contribution in [0.25, 0.3) is 6.08 Å². The van der Waals surface area contributed by atoms with E-state index in [-0.39, 0.29) is 34.6 Å². The smallest absolute Gasteiger partial charge is 0.406 e. The van der Waals surface area contributed by atoms with E-state index in [1.165, 1.54) is 12.1 Å². The Balaban J connectivity index is 1.54. The van der Waals surface area contributed by atoms with Gasteiger partial charge in [0.1, 0.15) is 5.75 Å². The molecular weight excluding hydrogens is 443 g/mol. The Hall–Kier alpha value is -2.28. The van der Waals surface area contributed by atoms with Crippen molar-refractivity contribution in [1.82, 2.24) is 4.90 Å². The molecule has 7 atom stereocenters. The Morgan fingerprint density at radius 2 is 1.82 bits per heavy atom. The Kier molecular flexibility index (Phi) is 5.43. The van der Waals surface area contributed by atoms with Gasteiger partial charge in [-0.1, -0.05) is 38.1 Å². The van der Waals surface area contributed by atoms with Gasteiger partial charge in [-0.2, -0.15) is 0 Å². The van der Waals surface area contributed by atoms with Crippen LogP contribution in [0.5, 0.6) is 5.75 Å². The maximum Gasteiger partial charge on any atom is 0.573 e. The lowest BCUT2D eigenvalue weighted by Crippen LogP contribution is -2.60. The molecule has 1 aliphatic heterocycles. The van der Waals surface area contributed by atoms with E-state index >= 15 is 0 Å². The molecule has 0 radical (unpaired) electrons. The molecular formula is C27H32F3NO3. The lowest BCUT2D eigenvalue weighted by atomic mass is 9.47. The van der Waals surface area contributed by atoms with Crippen LogP contribution in [0.15, 0.2) is 42.0 Å². The second-order valence-corrected chi connectivity index (χ2v) is 11.1. The minimum Gasteiger partial charge on any atom is -0.406 e. The molecule has 3 fully saturated rings. The van der Waals surface area contributed by atoms with Gasteiger partial charge in [-0.25, -0.2) is 0 Å². The lowest BCUT2D eigenvalue weighted by Gasteiger charge is -2.60. The van der Waals surface area contributed by atoms with Crippen LogP contribution in [-0.2, 0) is 4.79 Å². The largest absolute Gasteiger partial charge is 0.573 e. The van der Waals surface area contributed by atoms with Crippen LogP contribution in [0.3, 0.4) is 0 Å².